The van der Waals surface area contributed by atoms with Crippen molar-refractivity contribution in [1.82, 2.24) is 4.90 Å². The van der Waals surface area contributed by atoms with E-state index in [9.17, 15) is 5.11 Å². The quantitative estimate of drug-likeness (QED) is 0.804. The summed E-state index contributed by atoms with van der Waals surface area (Å²) in [4.78, 5) is 2.15. The van der Waals surface area contributed by atoms with Crippen LogP contribution in [0.5, 0.6) is 0 Å². The highest BCUT2D eigenvalue weighted by atomic mass is 32.1. The van der Waals surface area contributed by atoms with Crippen LogP contribution in [0, 0.1) is 12.8 Å². The second-order valence-electron chi connectivity index (χ2n) is 4.93. The molecule has 0 aliphatic carbocycles. The summed E-state index contributed by atoms with van der Waals surface area (Å²) in [5, 5.41) is 13.2. The molecule has 4 heteroatoms. The topological polar surface area (TPSA) is 35.5 Å². The number of hydrogen-bond acceptors (Lipinski definition) is 2. The van der Waals surface area contributed by atoms with E-state index in [1.807, 2.05) is 12.1 Å². The molecule has 2 rings (SSSR count). The molecule has 0 unspecified atom stereocenters. The predicted molar refractivity (Wildman–Crippen MR) is 78.8 cm³/mol. The van der Waals surface area contributed by atoms with Crippen molar-refractivity contribution in [2.24, 2.45) is 5.92 Å². The van der Waals surface area contributed by atoms with Crippen molar-refractivity contribution < 1.29 is 5.11 Å². The van der Waals surface area contributed by atoms with Gasteiger partial charge in [0.2, 0.25) is 0 Å². The highest BCUT2D eigenvalue weighted by Crippen LogP contribution is 2.17. The van der Waals surface area contributed by atoms with Gasteiger partial charge in [0.25, 0.3) is 0 Å². The summed E-state index contributed by atoms with van der Waals surface area (Å²) in [5.74, 6) is 0.358. The number of thiocarbonyl (C=S) groups is 1. The lowest BCUT2D eigenvalue weighted by molar-refractivity contribution is 0.162. The fourth-order valence-corrected chi connectivity index (χ4v) is 2.52. The Labute approximate surface area is 114 Å². The Kier molecular flexibility index (Phi) is 4.55. The van der Waals surface area contributed by atoms with E-state index >= 15 is 0 Å². The Bertz CT molecular complexity index is 405. The zero-order valence-corrected chi connectivity index (χ0v) is 11.5. The Morgan fingerprint density at radius 1 is 1.44 bits per heavy atom. The van der Waals surface area contributed by atoms with Gasteiger partial charge in [-0.05, 0) is 50.0 Å². The highest BCUT2D eigenvalue weighted by molar-refractivity contribution is 7.80. The van der Waals surface area contributed by atoms with Crippen LogP contribution in [-0.2, 0) is 0 Å². The SMILES string of the molecule is Cc1ccc(NC(=S)N2CCC[C@H](CO)C2)cc1. The molecule has 1 heterocycles. The minimum Gasteiger partial charge on any atom is -0.396 e. The fourth-order valence-electron chi connectivity index (χ4n) is 2.24. The van der Waals surface area contributed by atoms with E-state index in [-0.39, 0.29) is 6.61 Å². The molecule has 1 aromatic carbocycles. The van der Waals surface area contributed by atoms with Crippen LogP contribution in [0.1, 0.15) is 18.4 Å². The number of likely N-dealkylation sites (tertiary alicyclic amines) is 1. The van der Waals surface area contributed by atoms with Crippen LogP contribution in [0.15, 0.2) is 24.3 Å². The lowest BCUT2D eigenvalue weighted by Crippen LogP contribution is -2.43. The molecule has 0 saturated carbocycles. The van der Waals surface area contributed by atoms with Crippen LogP contribution < -0.4 is 5.32 Å². The Morgan fingerprint density at radius 3 is 2.83 bits per heavy atom. The van der Waals surface area contributed by atoms with Crippen molar-refractivity contribution in [1.29, 1.82) is 0 Å². The molecule has 1 aliphatic rings. The van der Waals surface area contributed by atoms with Crippen LogP contribution in [0.3, 0.4) is 0 Å². The van der Waals surface area contributed by atoms with Gasteiger partial charge in [0, 0.05) is 25.4 Å². The van der Waals surface area contributed by atoms with Crippen molar-refractivity contribution in [2.75, 3.05) is 25.0 Å². The number of benzene rings is 1. The third kappa shape index (κ3) is 3.43. The third-order valence-corrected chi connectivity index (χ3v) is 3.73. The number of aliphatic hydroxyl groups is 1. The van der Waals surface area contributed by atoms with Crippen LogP contribution >= 0.6 is 12.2 Å². The van der Waals surface area contributed by atoms with Gasteiger partial charge in [-0.2, -0.15) is 0 Å². The first-order chi connectivity index (χ1) is 8.69. The number of aliphatic hydroxyl groups excluding tert-OH is 1. The van der Waals surface area contributed by atoms with E-state index < -0.39 is 0 Å². The molecular weight excluding hydrogens is 244 g/mol. The first-order valence-electron chi connectivity index (χ1n) is 6.42. The van der Waals surface area contributed by atoms with E-state index in [0.29, 0.717) is 5.92 Å². The second kappa shape index (κ2) is 6.16. The van der Waals surface area contributed by atoms with Crippen LogP contribution in [-0.4, -0.2) is 34.8 Å². The van der Waals surface area contributed by atoms with Gasteiger partial charge >= 0.3 is 0 Å². The lowest BCUT2D eigenvalue weighted by Gasteiger charge is -2.33. The largest absolute Gasteiger partial charge is 0.396 e. The maximum absolute atomic E-state index is 9.22. The Morgan fingerprint density at radius 2 is 2.17 bits per heavy atom. The van der Waals surface area contributed by atoms with E-state index in [1.54, 1.807) is 0 Å². The van der Waals surface area contributed by atoms with Gasteiger partial charge in [0.05, 0.1) is 0 Å². The van der Waals surface area contributed by atoms with Crippen LogP contribution in [0.25, 0.3) is 0 Å². The summed E-state index contributed by atoms with van der Waals surface area (Å²) in [6, 6.07) is 8.21. The Hall–Kier alpha value is -1.13. The molecule has 1 aliphatic heterocycles. The summed E-state index contributed by atoms with van der Waals surface area (Å²) in [6.07, 6.45) is 2.20. The normalized spacial score (nSPS) is 19.7. The van der Waals surface area contributed by atoms with E-state index in [0.717, 1.165) is 36.7 Å². The number of aryl methyl sites for hydroxylation is 1. The van der Waals surface area contributed by atoms with Gasteiger partial charge in [0.1, 0.15) is 0 Å². The number of hydrogen-bond donors (Lipinski definition) is 2. The monoisotopic (exact) mass is 264 g/mol. The standard InChI is InChI=1S/C14H20N2OS/c1-11-4-6-13(7-5-11)15-14(18)16-8-2-3-12(9-16)10-17/h4-7,12,17H,2-3,8-10H2,1H3,(H,15,18)/t12-/m0/s1. The average molecular weight is 264 g/mol. The molecule has 98 valence electrons. The molecule has 0 amide bonds. The summed E-state index contributed by atoms with van der Waals surface area (Å²) in [6.45, 7) is 4.16. The number of rotatable bonds is 2. The Balaban J connectivity index is 1.93. The molecule has 1 atom stereocenters. The van der Waals surface area contributed by atoms with E-state index in [4.69, 9.17) is 12.2 Å². The lowest BCUT2D eigenvalue weighted by atomic mass is 9.99. The number of nitrogens with zero attached hydrogens (tertiary/aromatic N) is 1. The molecule has 0 bridgehead atoms. The summed E-state index contributed by atoms with van der Waals surface area (Å²) < 4.78 is 0. The summed E-state index contributed by atoms with van der Waals surface area (Å²) in [5.41, 5.74) is 2.27. The molecule has 1 fully saturated rings. The molecule has 0 aromatic heterocycles. The molecule has 1 saturated heterocycles. The minimum atomic E-state index is 0.254. The van der Waals surface area contributed by atoms with Gasteiger partial charge in [-0.1, -0.05) is 17.7 Å². The first-order valence-corrected chi connectivity index (χ1v) is 6.83. The van der Waals surface area contributed by atoms with Crippen LogP contribution in [0.2, 0.25) is 0 Å². The van der Waals surface area contributed by atoms with Gasteiger partial charge in [-0.3, -0.25) is 0 Å². The number of nitrogens with one attached hydrogen (secondary N) is 1. The maximum Gasteiger partial charge on any atom is 0.173 e. The molecule has 18 heavy (non-hydrogen) atoms. The summed E-state index contributed by atoms with van der Waals surface area (Å²) in [7, 11) is 0. The number of anilines is 1. The zero-order chi connectivity index (χ0) is 13.0. The molecule has 1 aromatic rings. The molecule has 2 N–H and O–H groups in total. The third-order valence-electron chi connectivity index (χ3n) is 3.37. The smallest absolute Gasteiger partial charge is 0.173 e. The molecule has 0 radical (unpaired) electrons. The minimum absolute atomic E-state index is 0.254. The second-order valence-corrected chi connectivity index (χ2v) is 5.32. The average Bonchev–Trinajstić information content (AvgIpc) is 2.41. The predicted octanol–water partition coefficient (Wildman–Crippen LogP) is 2.40. The molecular formula is C14H20N2OS. The molecule has 3 nitrogen and oxygen atoms in total. The van der Waals surface area contributed by atoms with E-state index in [1.165, 1.54) is 5.56 Å². The number of piperidine rings is 1. The zero-order valence-electron chi connectivity index (χ0n) is 10.7. The van der Waals surface area contributed by atoms with Crippen molar-refractivity contribution in [2.45, 2.75) is 19.8 Å². The van der Waals surface area contributed by atoms with Gasteiger partial charge in [0.15, 0.2) is 5.11 Å². The van der Waals surface area contributed by atoms with Crippen molar-refractivity contribution in [3.63, 3.8) is 0 Å². The first kappa shape index (κ1) is 13.3. The summed E-state index contributed by atoms with van der Waals surface area (Å²) >= 11 is 5.42. The van der Waals surface area contributed by atoms with Crippen molar-refractivity contribution in [3.8, 4) is 0 Å². The van der Waals surface area contributed by atoms with Crippen molar-refractivity contribution >= 4 is 23.0 Å². The fraction of sp³-hybridized carbons (Fsp3) is 0.500. The highest BCUT2D eigenvalue weighted by Gasteiger charge is 2.20. The van der Waals surface area contributed by atoms with Crippen molar-refractivity contribution in [3.05, 3.63) is 29.8 Å². The molecule has 0 spiro atoms. The van der Waals surface area contributed by atoms with Gasteiger partial charge in [-0.15, -0.1) is 0 Å². The van der Waals surface area contributed by atoms with Gasteiger partial charge in [-0.25, -0.2) is 0 Å². The van der Waals surface area contributed by atoms with Gasteiger partial charge < -0.3 is 15.3 Å². The maximum atomic E-state index is 9.22. The van der Waals surface area contributed by atoms with Crippen LogP contribution in [0.4, 0.5) is 5.69 Å². The van der Waals surface area contributed by atoms with E-state index in [2.05, 4.69) is 29.3 Å².